The van der Waals surface area contributed by atoms with E-state index in [1.807, 2.05) is 32.8 Å². The summed E-state index contributed by atoms with van der Waals surface area (Å²) in [7, 11) is 0.275. The smallest absolute Gasteiger partial charge is 0.243 e. The van der Waals surface area contributed by atoms with Crippen LogP contribution in [0.2, 0.25) is 5.02 Å². The normalized spacial score (nSPS) is 13.9. The maximum atomic E-state index is 12.8. The van der Waals surface area contributed by atoms with Crippen LogP contribution in [-0.4, -0.2) is 50.8 Å². The van der Waals surface area contributed by atoms with E-state index < -0.39 is 10.0 Å². The van der Waals surface area contributed by atoms with Crippen LogP contribution in [0.4, 0.5) is 0 Å². The fraction of sp³-hybridized carbons (Fsp3) is 0.571. The molecule has 0 aliphatic rings. The minimum atomic E-state index is -3.56. The molecule has 1 atom stereocenters. The van der Waals surface area contributed by atoms with Crippen molar-refractivity contribution in [3.63, 3.8) is 0 Å². The average Bonchev–Trinajstić information content (AvgIpc) is 2.38. The zero-order chi connectivity index (χ0) is 16.2. The number of hydrogen-bond acceptors (Lipinski definition) is 3. The lowest BCUT2D eigenvalue weighted by Gasteiger charge is -2.29. The highest BCUT2D eigenvalue weighted by Crippen LogP contribution is 2.25. The number of nitrogens with zero attached hydrogens (tertiary/aromatic N) is 2. The average molecular weight is 353 g/mol. The minimum absolute atomic E-state index is 0.124. The van der Waals surface area contributed by atoms with Crippen LogP contribution in [-0.2, 0) is 15.9 Å². The summed E-state index contributed by atoms with van der Waals surface area (Å²) in [5, 5.41) is 0.377. The van der Waals surface area contributed by atoms with Gasteiger partial charge in [-0.05, 0) is 38.7 Å². The van der Waals surface area contributed by atoms with Crippen molar-refractivity contribution in [1.29, 1.82) is 0 Å². The fourth-order valence-corrected chi connectivity index (χ4v) is 4.54. The number of likely N-dealkylation sites (N-methyl/N-ethyl adjacent to an activating group) is 2. The van der Waals surface area contributed by atoms with Gasteiger partial charge < -0.3 is 4.90 Å². The Labute approximate surface area is 137 Å². The maximum Gasteiger partial charge on any atom is 0.243 e. The van der Waals surface area contributed by atoms with Crippen molar-refractivity contribution in [1.82, 2.24) is 9.21 Å². The topological polar surface area (TPSA) is 40.6 Å². The van der Waals surface area contributed by atoms with Crippen molar-refractivity contribution >= 4 is 33.2 Å². The lowest BCUT2D eigenvalue weighted by atomic mass is 10.2. The molecular weight excluding hydrogens is 331 g/mol. The summed E-state index contributed by atoms with van der Waals surface area (Å²) in [6.07, 6.45) is 0. The van der Waals surface area contributed by atoms with Gasteiger partial charge in [0.2, 0.25) is 10.0 Å². The van der Waals surface area contributed by atoms with Crippen molar-refractivity contribution in [2.24, 2.45) is 0 Å². The molecule has 7 heteroatoms. The first kappa shape index (κ1) is 18.7. The molecule has 0 amide bonds. The summed E-state index contributed by atoms with van der Waals surface area (Å²) >= 11 is 11.8. The lowest BCUT2D eigenvalue weighted by molar-refractivity contribution is 0.271. The van der Waals surface area contributed by atoms with E-state index in [2.05, 4.69) is 0 Å². The highest BCUT2D eigenvalue weighted by atomic mass is 35.5. The molecule has 0 N–H and O–H groups in total. The summed E-state index contributed by atoms with van der Waals surface area (Å²) in [6.45, 7) is 4.79. The van der Waals surface area contributed by atoms with E-state index in [4.69, 9.17) is 23.2 Å². The molecule has 0 fully saturated rings. The molecule has 0 saturated carbocycles. The Morgan fingerprint density at radius 2 is 1.90 bits per heavy atom. The van der Waals surface area contributed by atoms with E-state index in [0.717, 1.165) is 5.56 Å². The van der Waals surface area contributed by atoms with Gasteiger partial charge in [0.15, 0.2) is 0 Å². The van der Waals surface area contributed by atoms with Gasteiger partial charge in [-0.25, -0.2) is 8.42 Å². The highest BCUT2D eigenvalue weighted by Gasteiger charge is 2.28. The van der Waals surface area contributed by atoms with E-state index in [1.54, 1.807) is 12.1 Å². The number of alkyl halides is 1. The quantitative estimate of drug-likeness (QED) is 0.708. The summed E-state index contributed by atoms with van der Waals surface area (Å²) in [6, 6.07) is 4.57. The van der Waals surface area contributed by atoms with Gasteiger partial charge in [-0.2, -0.15) is 4.31 Å². The monoisotopic (exact) mass is 352 g/mol. The van der Waals surface area contributed by atoms with E-state index in [0.29, 0.717) is 18.1 Å². The van der Waals surface area contributed by atoms with Gasteiger partial charge in [-0.3, -0.25) is 0 Å². The second-order valence-electron chi connectivity index (χ2n) is 5.21. The van der Waals surface area contributed by atoms with Crippen LogP contribution >= 0.6 is 23.2 Å². The predicted octanol–water partition coefficient (Wildman–Crippen LogP) is 3.04. The molecule has 0 spiro atoms. The summed E-state index contributed by atoms with van der Waals surface area (Å²) in [5.41, 5.74) is 0.724. The largest absolute Gasteiger partial charge is 0.308 e. The fourth-order valence-electron chi connectivity index (χ4n) is 2.27. The Morgan fingerprint density at radius 1 is 1.29 bits per heavy atom. The minimum Gasteiger partial charge on any atom is -0.308 e. The van der Waals surface area contributed by atoms with Gasteiger partial charge in [-0.15, -0.1) is 11.6 Å². The Morgan fingerprint density at radius 3 is 2.33 bits per heavy atom. The van der Waals surface area contributed by atoms with Crippen molar-refractivity contribution in [3.05, 3.63) is 28.8 Å². The first-order valence-corrected chi connectivity index (χ1v) is 9.10. The molecule has 0 aromatic heterocycles. The third-order valence-electron chi connectivity index (χ3n) is 3.21. The molecule has 21 heavy (non-hydrogen) atoms. The van der Waals surface area contributed by atoms with Crippen LogP contribution in [0.1, 0.15) is 19.4 Å². The second kappa shape index (κ2) is 7.79. The summed E-state index contributed by atoms with van der Waals surface area (Å²) < 4.78 is 27.0. The van der Waals surface area contributed by atoms with Crippen LogP contribution in [0.15, 0.2) is 23.1 Å². The molecule has 0 aliphatic carbocycles. The van der Waals surface area contributed by atoms with Crippen molar-refractivity contribution in [2.75, 3.05) is 27.2 Å². The SMILES string of the molecule is CCN(C(C)CN(C)C)S(=O)(=O)c1ccc(CCl)c(Cl)c1. The molecule has 0 aliphatic heterocycles. The highest BCUT2D eigenvalue weighted by molar-refractivity contribution is 7.89. The molecule has 120 valence electrons. The molecule has 0 heterocycles. The number of sulfonamides is 1. The molecular formula is C14H22Cl2N2O2S. The molecule has 1 rings (SSSR count). The van der Waals surface area contributed by atoms with Gasteiger partial charge in [0.1, 0.15) is 0 Å². The molecule has 1 aromatic carbocycles. The van der Waals surface area contributed by atoms with Crippen LogP contribution in [0.5, 0.6) is 0 Å². The molecule has 4 nitrogen and oxygen atoms in total. The summed E-state index contributed by atoms with van der Waals surface area (Å²) in [5.74, 6) is 0.258. The Kier molecular flexibility index (Phi) is 6.94. The zero-order valence-corrected chi connectivity index (χ0v) is 15.1. The van der Waals surface area contributed by atoms with Crippen molar-refractivity contribution in [3.8, 4) is 0 Å². The zero-order valence-electron chi connectivity index (χ0n) is 12.8. The van der Waals surface area contributed by atoms with Crippen molar-refractivity contribution < 1.29 is 8.42 Å². The summed E-state index contributed by atoms with van der Waals surface area (Å²) in [4.78, 5) is 2.17. The number of rotatable bonds is 7. The standard InChI is InChI=1S/C14H22Cl2N2O2S/c1-5-18(11(2)10-17(3)4)21(19,20)13-7-6-12(9-15)14(16)8-13/h6-8,11H,5,9-10H2,1-4H3. The van der Waals surface area contributed by atoms with Gasteiger partial charge in [0.25, 0.3) is 0 Å². The predicted molar refractivity (Wildman–Crippen MR) is 88.6 cm³/mol. The number of hydrogen-bond donors (Lipinski definition) is 0. The van der Waals surface area contributed by atoms with Crippen LogP contribution in [0.3, 0.4) is 0 Å². The van der Waals surface area contributed by atoms with Gasteiger partial charge >= 0.3 is 0 Å². The molecule has 1 aromatic rings. The molecule has 0 bridgehead atoms. The van der Waals surface area contributed by atoms with Crippen LogP contribution in [0, 0.1) is 0 Å². The first-order chi connectivity index (χ1) is 9.73. The first-order valence-electron chi connectivity index (χ1n) is 6.75. The Balaban J connectivity index is 3.15. The molecule has 0 saturated heterocycles. The second-order valence-corrected chi connectivity index (χ2v) is 7.77. The van der Waals surface area contributed by atoms with Crippen LogP contribution in [0.25, 0.3) is 0 Å². The maximum absolute atomic E-state index is 12.8. The lowest BCUT2D eigenvalue weighted by Crippen LogP contribution is -2.43. The third kappa shape index (κ3) is 4.57. The van der Waals surface area contributed by atoms with Gasteiger partial charge in [0, 0.05) is 30.0 Å². The van der Waals surface area contributed by atoms with E-state index >= 15 is 0 Å². The molecule has 1 unspecified atom stereocenters. The van der Waals surface area contributed by atoms with E-state index in [1.165, 1.54) is 10.4 Å². The Bertz CT molecular complexity index is 576. The van der Waals surface area contributed by atoms with Crippen LogP contribution < -0.4 is 0 Å². The molecule has 0 radical (unpaired) electrons. The van der Waals surface area contributed by atoms with E-state index in [9.17, 15) is 8.42 Å². The van der Waals surface area contributed by atoms with Gasteiger partial charge in [0.05, 0.1) is 4.90 Å². The van der Waals surface area contributed by atoms with Gasteiger partial charge in [-0.1, -0.05) is 24.6 Å². The third-order valence-corrected chi connectivity index (χ3v) is 5.93. The van der Waals surface area contributed by atoms with E-state index in [-0.39, 0.29) is 16.8 Å². The number of halogens is 2. The number of benzene rings is 1. The Hall–Kier alpha value is -0.330. The van der Waals surface area contributed by atoms with Crippen molar-refractivity contribution in [2.45, 2.75) is 30.7 Å².